The van der Waals surface area contributed by atoms with Crippen LogP contribution in [0.15, 0.2) is 24.3 Å². The van der Waals surface area contributed by atoms with Crippen LogP contribution in [0.5, 0.6) is 0 Å². The third-order valence-corrected chi connectivity index (χ3v) is 2.64. The molecule has 0 aromatic heterocycles. The number of alkyl halides is 3. The van der Waals surface area contributed by atoms with Crippen LogP contribution >= 0.6 is 0 Å². The molecule has 1 unspecified atom stereocenters. The summed E-state index contributed by atoms with van der Waals surface area (Å²) in [4.78, 5) is 0. The van der Waals surface area contributed by atoms with Crippen molar-refractivity contribution in [3.8, 4) is 0 Å². The summed E-state index contributed by atoms with van der Waals surface area (Å²) in [5, 5.41) is 30.0. The van der Waals surface area contributed by atoms with Gasteiger partial charge in [0, 0.05) is 6.54 Å². The van der Waals surface area contributed by atoms with Crippen molar-refractivity contribution in [2.75, 3.05) is 19.8 Å². The number of hydrogen-bond acceptors (Lipinski definition) is 4. The molecule has 1 rings (SSSR count). The van der Waals surface area contributed by atoms with Crippen LogP contribution in [-0.2, 0) is 6.18 Å². The summed E-state index contributed by atoms with van der Waals surface area (Å²) >= 11 is 0. The SMILES string of the molecule is OCC(CO)NCC(O)c1cccc(C(F)(F)F)c1. The van der Waals surface area contributed by atoms with Crippen LogP contribution in [-0.4, -0.2) is 41.1 Å². The van der Waals surface area contributed by atoms with E-state index in [-0.39, 0.29) is 25.3 Å². The maximum Gasteiger partial charge on any atom is 0.416 e. The molecule has 0 aliphatic heterocycles. The first-order valence-corrected chi connectivity index (χ1v) is 5.68. The zero-order chi connectivity index (χ0) is 14.5. The predicted octanol–water partition coefficient (Wildman–Crippen LogP) is 0.682. The molecule has 0 saturated heterocycles. The lowest BCUT2D eigenvalue weighted by atomic mass is 10.1. The van der Waals surface area contributed by atoms with Crippen LogP contribution in [0.25, 0.3) is 0 Å². The lowest BCUT2D eigenvalue weighted by molar-refractivity contribution is -0.137. The van der Waals surface area contributed by atoms with Crippen molar-refractivity contribution in [2.24, 2.45) is 0 Å². The van der Waals surface area contributed by atoms with Gasteiger partial charge in [-0.2, -0.15) is 13.2 Å². The third kappa shape index (κ3) is 4.79. The van der Waals surface area contributed by atoms with Crippen molar-refractivity contribution in [3.63, 3.8) is 0 Å². The minimum absolute atomic E-state index is 0.0624. The number of nitrogens with one attached hydrogen (secondary N) is 1. The first-order chi connectivity index (χ1) is 8.88. The Morgan fingerprint density at radius 1 is 1.16 bits per heavy atom. The monoisotopic (exact) mass is 279 g/mol. The van der Waals surface area contributed by atoms with Gasteiger partial charge in [-0.25, -0.2) is 0 Å². The van der Waals surface area contributed by atoms with Crippen molar-refractivity contribution in [3.05, 3.63) is 35.4 Å². The first kappa shape index (κ1) is 15.9. The second-order valence-electron chi connectivity index (χ2n) is 4.11. The van der Waals surface area contributed by atoms with Crippen molar-refractivity contribution in [1.82, 2.24) is 5.32 Å². The summed E-state index contributed by atoms with van der Waals surface area (Å²) in [6, 6.07) is 3.79. The number of halogens is 3. The van der Waals surface area contributed by atoms with E-state index in [9.17, 15) is 18.3 Å². The molecule has 108 valence electrons. The Bertz CT molecular complexity index is 394. The van der Waals surface area contributed by atoms with Crippen molar-refractivity contribution < 1.29 is 28.5 Å². The van der Waals surface area contributed by atoms with E-state index in [1.54, 1.807) is 0 Å². The molecule has 0 bridgehead atoms. The van der Waals surface area contributed by atoms with Gasteiger partial charge in [-0.15, -0.1) is 0 Å². The molecular weight excluding hydrogens is 263 g/mol. The fourth-order valence-corrected chi connectivity index (χ4v) is 1.51. The number of benzene rings is 1. The molecule has 0 fully saturated rings. The topological polar surface area (TPSA) is 72.7 Å². The predicted molar refractivity (Wildman–Crippen MR) is 62.4 cm³/mol. The molecule has 1 aromatic carbocycles. The normalized spacial score (nSPS) is 13.8. The Balaban J connectivity index is 2.69. The molecule has 0 amide bonds. The molecule has 4 nitrogen and oxygen atoms in total. The highest BCUT2D eigenvalue weighted by Gasteiger charge is 2.30. The Hall–Kier alpha value is -1.15. The van der Waals surface area contributed by atoms with Crippen LogP contribution in [0.2, 0.25) is 0 Å². The van der Waals surface area contributed by atoms with Crippen molar-refractivity contribution in [2.45, 2.75) is 18.3 Å². The minimum atomic E-state index is -4.46. The van der Waals surface area contributed by atoms with Gasteiger partial charge in [0.05, 0.1) is 30.9 Å². The minimum Gasteiger partial charge on any atom is -0.395 e. The highest BCUT2D eigenvalue weighted by Crippen LogP contribution is 2.30. The summed E-state index contributed by atoms with van der Waals surface area (Å²) in [5.74, 6) is 0. The van der Waals surface area contributed by atoms with E-state index in [0.29, 0.717) is 0 Å². The maximum atomic E-state index is 12.5. The summed E-state index contributed by atoms with van der Waals surface area (Å²) in [6.45, 7) is -0.718. The molecule has 0 aliphatic rings. The van der Waals surface area contributed by atoms with E-state index in [1.165, 1.54) is 12.1 Å². The molecule has 0 radical (unpaired) electrons. The maximum absolute atomic E-state index is 12.5. The molecule has 4 N–H and O–H groups in total. The van der Waals surface area contributed by atoms with Gasteiger partial charge in [0.25, 0.3) is 0 Å². The average molecular weight is 279 g/mol. The fourth-order valence-electron chi connectivity index (χ4n) is 1.51. The molecule has 0 spiro atoms. The Labute approximate surface area is 108 Å². The highest BCUT2D eigenvalue weighted by atomic mass is 19.4. The molecule has 7 heteroatoms. The van der Waals surface area contributed by atoms with E-state index in [0.717, 1.165) is 12.1 Å². The van der Waals surface area contributed by atoms with Gasteiger partial charge in [-0.1, -0.05) is 12.1 Å². The van der Waals surface area contributed by atoms with Crippen LogP contribution in [0.1, 0.15) is 17.2 Å². The van der Waals surface area contributed by atoms with Gasteiger partial charge in [0.1, 0.15) is 0 Å². The van der Waals surface area contributed by atoms with Crippen molar-refractivity contribution >= 4 is 0 Å². The molecule has 19 heavy (non-hydrogen) atoms. The largest absolute Gasteiger partial charge is 0.416 e. The highest BCUT2D eigenvalue weighted by molar-refractivity contribution is 5.27. The van der Waals surface area contributed by atoms with Gasteiger partial charge in [0.15, 0.2) is 0 Å². The zero-order valence-corrected chi connectivity index (χ0v) is 10.1. The first-order valence-electron chi connectivity index (χ1n) is 5.68. The second kappa shape index (κ2) is 6.85. The van der Waals surface area contributed by atoms with Gasteiger partial charge < -0.3 is 20.6 Å². The van der Waals surface area contributed by atoms with Gasteiger partial charge in [0.2, 0.25) is 0 Å². The number of hydrogen-bond donors (Lipinski definition) is 4. The third-order valence-electron chi connectivity index (χ3n) is 2.64. The van der Waals surface area contributed by atoms with Crippen molar-refractivity contribution in [1.29, 1.82) is 0 Å². The lowest BCUT2D eigenvalue weighted by Crippen LogP contribution is -2.38. The lowest BCUT2D eigenvalue weighted by Gasteiger charge is -2.18. The molecule has 0 saturated carbocycles. The smallest absolute Gasteiger partial charge is 0.395 e. The second-order valence-corrected chi connectivity index (χ2v) is 4.11. The standard InChI is InChI=1S/C12H16F3NO3/c13-12(14,15)9-3-1-2-8(4-9)11(19)5-16-10(6-17)7-18/h1-4,10-11,16-19H,5-7H2. The summed E-state index contributed by atoms with van der Waals surface area (Å²) in [7, 11) is 0. The summed E-state index contributed by atoms with van der Waals surface area (Å²) in [5.41, 5.74) is -0.707. The Morgan fingerprint density at radius 2 is 1.79 bits per heavy atom. The molecule has 1 aromatic rings. The Kier molecular flexibility index (Phi) is 5.74. The molecular formula is C12H16F3NO3. The van der Waals surface area contributed by atoms with Crippen LogP contribution in [0, 0.1) is 0 Å². The van der Waals surface area contributed by atoms with E-state index < -0.39 is 23.9 Å². The molecule has 0 aliphatic carbocycles. The quantitative estimate of drug-likeness (QED) is 0.618. The number of rotatable bonds is 6. The van der Waals surface area contributed by atoms with E-state index in [4.69, 9.17) is 10.2 Å². The zero-order valence-electron chi connectivity index (χ0n) is 10.1. The Morgan fingerprint density at radius 3 is 2.32 bits per heavy atom. The van der Waals surface area contributed by atoms with E-state index >= 15 is 0 Å². The summed E-state index contributed by atoms with van der Waals surface area (Å²) < 4.78 is 37.5. The van der Waals surface area contributed by atoms with Crippen LogP contribution < -0.4 is 5.32 Å². The number of aliphatic hydroxyl groups excluding tert-OH is 3. The van der Waals surface area contributed by atoms with Crippen LogP contribution in [0.4, 0.5) is 13.2 Å². The van der Waals surface area contributed by atoms with Gasteiger partial charge in [-0.3, -0.25) is 0 Å². The summed E-state index contributed by atoms with van der Waals surface area (Å²) in [6.07, 6.45) is -5.61. The van der Waals surface area contributed by atoms with E-state index in [2.05, 4.69) is 5.32 Å². The molecule has 1 atom stereocenters. The number of aliphatic hydroxyl groups is 3. The van der Waals surface area contributed by atoms with Crippen LogP contribution in [0.3, 0.4) is 0 Å². The average Bonchev–Trinajstić information content (AvgIpc) is 2.39. The van der Waals surface area contributed by atoms with Gasteiger partial charge >= 0.3 is 6.18 Å². The molecule has 0 heterocycles. The van der Waals surface area contributed by atoms with E-state index in [1.807, 2.05) is 0 Å². The fraction of sp³-hybridized carbons (Fsp3) is 0.500. The van der Waals surface area contributed by atoms with Gasteiger partial charge in [-0.05, 0) is 17.7 Å².